The Bertz CT molecular complexity index is 363. The Morgan fingerprint density at radius 3 is 2.80 bits per heavy atom. The van der Waals surface area contributed by atoms with Crippen LogP contribution >= 0.6 is 0 Å². The van der Waals surface area contributed by atoms with Crippen LogP contribution in [-0.4, -0.2) is 37.1 Å². The van der Waals surface area contributed by atoms with Gasteiger partial charge in [-0.1, -0.05) is 44.2 Å². The molecular weight excluding hydrogens is 244 g/mol. The van der Waals surface area contributed by atoms with E-state index in [2.05, 4.69) is 54.4 Å². The van der Waals surface area contributed by atoms with E-state index in [1.165, 1.54) is 57.4 Å². The van der Waals surface area contributed by atoms with Gasteiger partial charge >= 0.3 is 0 Å². The zero-order valence-electron chi connectivity index (χ0n) is 13.1. The summed E-state index contributed by atoms with van der Waals surface area (Å²) in [7, 11) is 0. The lowest BCUT2D eigenvalue weighted by Gasteiger charge is -2.29. The maximum absolute atomic E-state index is 3.66. The van der Waals surface area contributed by atoms with Gasteiger partial charge in [-0.3, -0.25) is 0 Å². The molecule has 2 nitrogen and oxygen atoms in total. The molecule has 0 amide bonds. The second kappa shape index (κ2) is 8.43. The zero-order valence-corrected chi connectivity index (χ0v) is 13.1. The molecule has 1 N–H and O–H groups in total. The molecule has 1 aromatic carbocycles. The molecule has 1 fully saturated rings. The Kier molecular flexibility index (Phi) is 6.55. The van der Waals surface area contributed by atoms with Gasteiger partial charge in [-0.2, -0.15) is 0 Å². The van der Waals surface area contributed by atoms with Crippen LogP contribution in [0.1, 0.15) is 51.0 Å². The molecule has 2 atom stereocenters. The van der Waals surface area contributed by atoms with E-state index in [0.29, 0.717) is 5.92 Å². The molecule has 2 rings (SSSR count). The quantitative estimate of drug-likeness (QED) is 0.882. The number of hydrogen-bond donors (Lipinski definition) is 1. The van der Waals surface area contributed by atoms with Gasteiger partial charge in [-0.15, -0.1) is 0 Å². The largest absolute Gasteiger partial charge is 0.314 e. The molecule has 0 bridgehead atoms. The average Bonchev–Trinajstić information content (AvgIpc) is 2.47. The van der Waals surface area contributed by atoms with E-state index in [0.717, 1.165) is 6.04 Å². The third-order valence-corrected chi connectivity index (χ3v) is 4.62. The van der Waals surface area contributed by atoms with Crippen LogP contribution in [0.15, 0.2) is 30.3 Å². The summed E-state index contributed by atoms with van der Waals surface area (Å²) in [5.41, 5.74) is 1.48. The van der Waals surface area contributed by atoms with Crippen molar-refractivity contribution >= 4 is 0 Å². The van der Waals surface area contributed by atoms with E-state index in [1.54, 1.807) is 0 Å². The van der Waals surface area contributed by atoms with Crippen LogP contribution in [0.5, 0.6) is 0 Å². The first-order valence-electron chi connectivity index (χ1n) is 8.30. The Morgan fingerprint density at radius 2 is 2.05 bits per heavy atom. The van der Waals surface area contributed by atoms with Crippen molar-refractivity contribution in [1.82, 2.24) is 10.2 Å². The standard InChI is InChI=1S/C18H30N2/c1-3-18-11-15-20(13-7-12-19-18)14-10-16(2)17-8-5-4-6-9-17/h4-6,8-9,16,18-19H,3,7,10-15H2,1-2H3. The minimum atomic E-state index is 0.668. The van der Waals surface area contributed by atoms with Gasteiger partial charge in [0.15, 0.2) is 0 Å². The molecule has 0 aliphatic carbocycles. The van der Waals surface area contributed by atoms with Gasteiger partial charge in [0, 0.05) is 6.04 Å². The normalized spacial score (nSPS) is 23.0. The SMILES string of the molecule is CCC1CCN(CCC(C)c2ccccc2)CCCN1. The Hall–Kier alpha value is -0.860. The molecule has 1 saturated heterocycles. The first-order valence-corrected chi connectivity index (χ1v) is 8.30. The first-order chi connectivity index (χ1) is 9.79. The lowest BCUT2D eigenvalue weighted by molar-refractivity contribution is 0.225. The number of rotatable bonds is 5. The molecule has 0 aromatic heterocycles. The first kappa shape index (κ1) is 15.5. The predicted molar refractivity (Wildman–Crippen MR) is 87.2 cm³/mol. The summed E-state index contributed by atoms with van der Waals surface area (Å²) >= 11 is 0. The lowest BCUT2D eigenvalue weighted by Crippen LogP contribution is -2.40. The van der Waals surface area contributed by atoms with Crippen LogP contribution in [0.25, 0.3) is 0 Å². The second-order valence-electron chi connectivity index (χ2n) is 6.14. The zero-order chi connectivity index (χ0) is 14.2. The van der Waals surface area contributed by atoms with Crippen LogP contribution in [0, 0.1) is 0 Å². The summed E-state index contributed by atoms with van der Waals surface area (Å²) in [6.45, 7) is 9.59. The Morgan fingerprint density at radius 1 is 1.25 bits per heavy atom. The van der Waals surface area contributed by atoms with Gasteiger partial charge in [0.2, 0.25) is 0 Å². The number of nitrogens with one attached hydrogen (secondary N) is 1. The smallest absolute Gasteiger partial charge is 0.00766 e. The highest BCUT2D eigenvalue weighted by Crippen LogP contribution is 2.19. The van der Waals surface area contributed by atoms with E-state index in [9.17, 15) is 0 Å². The van der Waals surface area contributed by atoms with E-state index in [4.69, 9.17) is 0 Å². The van der Waals surface area contributed by atoms with Gasteiger partial charge in [0.05, 0.1) is 0 Å². The highest BCUT2D eigenvalue weighted by Gasteiger charge is 2.14. The van der Waals surface area contributed by atoms with E-state index >= 15 is 0 Å². The van der Waals surface area contributed by atoms with E-state index in [1.807, 2.05) is 0 Å². The fourth-order valence-corrected chi connectivity index (χ4v) is 3.06. The molecule has 0 spiro atoms. The highest BCUT2D eigenvalue weighted by molar-refractivity contribution is 5.18. The van der Waals surface area contributed by atoms with Crippen LogP contribution in [-0.2, 0) is 0 Å². The van der Waals surface area contributed by atoms with Crippen LogP contribution in [0.3, 0.4) is 0 Å². The van der Waals surface area contributed by atoms with Gasteiger partial charge in [-0.05, 0) is 63.3 Å². The lowest BCUT2D eigenvalue weighted by atomic mass is 9.97. The molecule has 1 aliphatic heterocycles. The molecule has 2 unspecified atom stereocenters. The second-order valence-corrected chi connectivity index (χ2v) is 6.14. The van der Waals surface area contributed by atoms with Crippen molar-refractivity contribution in [3.63, 3.8) is 0 Å². The molecule has 20 heavy (non-hydrogen) atoms. The van der Waals surface area contributed by atoms with Crippen molar-refractivity contribution in [2.24, 2.45) is 0 Å². The van der Waals surface area contributed by atoms with Gasteiger partial charge in [-0.25, -0.2) is 0 Å². The average molecular weight is 274 g/mol. The molecule has 1 aliphatic rings. The van der Waals surface area contributed by atoms with E-state index < -0.39 is 0 Å². The predicted octanol–water partition coefficient (Wildman–Crippen LogP) is 3.64. The highest BCUT2D eigenvalue weighted by atomic mass is 15.1. The molecule has 1 aromatic rings. The maximum atomic E-state index is 3.66. The number of hydrogen-bond acceptors (Lipinski definition) is 2. The Balaban J connectivity index is 1.77. The van der Waals surface area contributed by atoms with Crippen LogP contribution in [0.4, 0.5) is 0 Å². The van der Waals surface area contributed by atoms with E-state index in [-0.39, 0.29) is 0 Å². The molecule has 112 valence electrons. The van der Waals surface area contributed by atoms with Crippen molar-refractivity contribution in [1.29, 1.82) is 0 Å². The molecule has 2 heteroatoms. The molecule has 0 saturated carbocycles. The molecule has 1 heterocycles. The number of nitrogens with zero attached hydrogens (tertiary/aromatic N) is 1. The maximum Gasteiger partial charge on any atom is 0.00766 e. The van der Waals surface area contributed by atoms with Gasteiger partial charge < -0.3 is 10.2 Å². The van der Waals surface area contributed by atoms with Crippen LogP contribution < -0.4 is 5.32 Å². The molecule has 0 radical (unpaired) electrons. The van der Waals surface area contributed by atoms with Crippen molar-refractivity contribution in [3.05, 3.63) is 35.9 Å². The minimum absolute atomic E-state index is 0.668. The summed E-state index contributed by atoms with van der Waals surface area (Å²) in [5, 5.41) is 3.66. The number of benzene rings is 1. The third kappa shape index (κ3) is 4.92. The van der Waals surface area contributed by atoms with Gasteiger partial charge in [0.25, 0.3) is 0 Å². The summed E-state index contributed by atoms with van der Waals surface area (Å²) in [6, 6.07) is 11.7. The molecular formula is C18H30N2. The minimum Gasteiger partial charge on any atom is -0.314 e. The van der Waals surface area contributed by atoms with Crippen molar-refractivity contribution < 1.29 is 0 Å². The fraction of sp³-hybridized carbons (Fsp3) is 0.667. The topological polar surface area (TPSA) is 15.3 Å². The van der Waals surface area contributed by atoms with Gasteiger partial charge in [0.1, 0.15) is 0 Å². The van der Waals surface area contributed by atoms with Crippen molar-refractivity contribution in [2.75, 3.05) is 26.2 Å². The van der Waals surface area contributed by atoms with Crippen molar-refractivity contribution in [3.8, 4) is 0 Å². The third-order valence-electron chi connectivity index (χ3n) is 4.62. The monoisotopic (exact) mass is 274 g/mol. The Labute approximate surface area is 124 Å². The fourth-order valence-electron chi connectivity index (χ4n) is 3.06. The summed E-state index contributed by atoms with van der Waals surface area (Å²) < 4.78 is 0. The summed E-state index contributed by atoms with van der Waals surface area (Å²) in [6.07, 6.45) is 5.12. The van der Waals surface area contributed by atoms with Crippen LogP contribution in [0.2, 0.25) is 0 Å². The van der Waals surface area contributed by atoms with Crippen molar-refractivity contribution in [2.45, 2.75) is 51.5 Å². The summed E-state index contributed by atoms with van der Waals surface area (Å²) in [5.74, 6) is 0.668. The summed E-state index contributed by atoms with van der Waals surface area (Å²) in [4.78, 5) is 2.67.